The molecule has 0 radical (unpaired) electrons. The summed E-state index contributed by atoms with van der Waals surface area (Å²) in [4.78, 5) is 8.94. The van der Waals surface area contributed by atoms with Crippen molar-refractivity contribution >= 4 is 11.7 Å². The topological polar surface area (TPSA) is 69.2 Å². The number of rotatable bonds is 4. The normalized spacial score (nSPS) is 16.9. The number of piperidine rings is 1. The number of nitrogen functional groups attached to an aromatic ring is 1. The summed E-state index contributed by atoms with van der Waals surface area (Å²) >= 11 is 0. The number of nitrogens with zero attached hydrogens (tertiary/aromatic N) is 3. The molecule has 1 fully saturated rings. The number of pyridine rings is 1. The van der Waals surface area contributed by atoms with Crippen LogP contribution in [0.3, 0.4) is 0 Å². The van der Waals surface area contributed by atoms with E-state index in [1.165, 1.54) is 12.8 Å². The van der Waals surface area contributed by atoms with Gasteiger partial charge >= 0.3 is 0 Å². The van der Waals surface area contributed by atoms with E-state index >= 15 is 0 Å². The van der Waals surface area contributed by atoms with Gasteiger partial charge in [-0.15, -0.1) is 0 Å². The molecule has 0 atom stereocenters. The van der Waals surface area contributed by atoms with Crippen LogP contribution >= 0.6 is 0 Å². The van der Waals surface area contributed by atoms with Gasteiger partial charge in [-0.25, -0.2) is 4.98 Å². The molecule has 1 aromatic rings. The Morgan fingerprint density at radius 2 is 2.16 bits per heavy atom. The summed E-state index contributed by atoms with van der Waals surface area (Å²) in [5.74, 6) is 1.82. The van der Waals surface area contributed by atoms with Crippen LogP contribution in [0.5, 0.6) is 0 Å². The highest BCUT2D eigenvalue weighted by atomic mass is 15.2. The maximum Gasteiger partial charge on any atom is 0.129 e. The fourth-order valence-corrected chi connectivity index (χ4v) is 2.62. The molecule has 0 amide bonds. The minimum absolute atomic E-state index is 0.103. The highest BCUT2D eigenvalue weighted by Gasteiger charge is 2.20. The van der Waals surface area contributed by atoms with Crippen LogP contribution in [0.1, 0.15) is 18.4 Å². The van der Waals surface area contributed by atoms with Gasteiger partial charge in [-0.05, 0) is 45.0 Å². The quantitative estimate of drug-likeness (QED) is 0.630. The van der Waals surface area contributed by atoms with Crippen molar-refractivity contribution in [2.75, 3.05) is 38.6 Å². The molecule has 5 heteroatoms. The maximum atomic E-state index is 7.48. The van der Waals surface area contributed by atoms with Gasteiger partial charge in [-0.2, -0.15) is 0 Å². The van der Waals surface area contributed by atoms with E-state index in [1.54, 1.807) is 12.3 Å². The van der Waals surface area contributed by atoms with E-state index < -0.39 is 0 Å². The third-order valence-electron chi connectivity index (χ3n) is 3.62. The molecule has 1 aliphatic rings. The zero-order chi connectivity index (χ0) is 13.8. The van der Waals surface area contributed by atoms with Gasteiger partial charge in [0.15, 0.2) is 0 Å². The molecule has 0 spiro atoms. The van der Waals surface area contributed by atoms with Crippen molar-refractivity contribution in [2.45, 2.75) is 12.8 Å². The van der Waals surface area contributed by atoms with Crippen LogP contribution < -0.4 is 10.6 Å². The lowest BCUT2D eigenvalue weighted by Crippen LogP contribution is -2.37. The summed E-state index contributed by atoms with van der Waals surface area (Å²) in [5, 5.41) is 7.48. The standard InChI is InChI=1S/C14H23N5/c1-18(2)10-11-4-7-19(8-5-11)13-9-12(14(15)16)3-6-17-13/h3,6,9,11H,4-5,7-8,10H2,1-2H3,(H3,15,16). The molecule has 2 heterocycles. The fourth-order valence-electron chi connectivity index (χ4n) is 2.62. The minimum atomic E-state index is 0.103. The first kappa shape index (κ1) is 13.8. The molecular weight excluding hydrogens is 238 g/mol. The fraction of sp³-hybridized carbons (Fsp3) is 0.571. The molecule has 2 rings (SSSR count). The van der Waals surface area contributed by atoms with Gasteiger partial charge in [0, 0.05) is 31.4 Å². The third kappa shape index (κ3) is 3.67. The van der Waals surface area contributed by atoms with Gasteiger partial charge in [0.1, 0.15) is 11.7 Å². The van der Waals surface area contributed by atoms with Crippen LogP contribution in [0.15, 0.2) is 18.3 Å². The van der Waals surface area contributed by atoms with Crippen molar-refractivity contribution < 1.29 is 0 Å². The summed E-state index contributed by atoms with van der Waals surface area (Å²) in [6.45, 7) is 3.23. The predicted octanol–water partition coefficient (Wildman–Crippen LogP) is 1.14. The second kappa shape index (κ2) is 6.02. The van der Waals surface area contributed by atoms with Crippen LogP contribution in [-0.2, 0) is 0 Å². The van der Waals surface area contributed by atoms with Gasteiger partial charge in [0.2, 0.25) is 0 Å². The number of nitrogens with one attached hydrogen (secondary N) is 1. The van der Waals surface area contributed by atoms with E-state index in [-0.39, 0.29) is 5.84 Å². The van der Waals surface area contributed by atoms with E-state index in [9.17, 15) is 0 Å². The average molecular weight is 261 g/mol. The number of hydrogen-bond donors (Lipinski definition) is 2. The zero-order valence-electron chi connectivity index (χ0n) is 11.8. The van der Waals surface area contributed by atoms with E-state index in [0.29, 0.717) is 0 Å². The number of aromatic nitrogens is 1. The Hall–Kier alpha value is -1.62. The maximum absolute atomic E-state index is 7.48. The van der Waals surface area contributed by atoms with Gasteiger partial charge in [0.05, 0.1) is 0 Å². The molecule has 1 saturated heterocycles. The molecule has 5 nitrogen and oxygen atoms in total. The predicted molar refractivity (Wildman–Crippen MR) is 78.7 cm³/mol. The Bertz CT molecular complexity index is 435. The first-order valence-electron chi connectivity index (χ1n) is 6.76. The highest BCUT2D eigenvalue weighted by molar-refractivity contribution is 5.95. The van der Waals surface area contributed by atoms with Crippen molar-refractivity contribution in [1.82, 2.24) is 9.88 Å². The minimum Gasteiger partial charge on any atom is -0.384 e. The molecule has 0 saturated carbocycles. The molecule has 1 aliphatic heterocycles. The largest absolute Gasteiger partial charge is 0.384 e. The Kier molecular flexibility index (Phi) is 4.37. The second-order valence-corrected chi connectivity index (χ2v) is 5.51. The number of anilines is 1. The summed E-state index contributed by atoms with van der Waals surface area (Å²) in [7, 11) is 4.26. The monoisotopic (exact) mass is 261 g/mol. The van der Waals surface area contributed by atoms with E-state index in [4.69, 9.17) is 11.1 Å². The molecular formula is C14H23N5. The lowest BCUT2D eigenvalue weighted by atomic mass is 9.96. The lowest BCUT2D eigenvalue weighted by molar-refractivity contribution is 0.284. The van der Waals surface area contributed by atoms with Gasteiger partial charge < -0.3 is 15.5 Å². The average Bonchev–Trinajstić information content (AvgIpc) is 2.39. The molecule has 0 aliphatic carbocycles. The van der Waals surface area contributed by atoms with Crippen LogP contribution in [-0.4, -0.2) is 49.4 Å². The van der Waals surface area contributed by atoms with Crippen molar-refractivity contribution in [3.63, 3.8) is 0 Å². The molecule has 3 N–H and O–H groups in total. The molecule has 104 valence electrons. The van der Waals surface area contributed by atoms with Crippen molar-refractivity contribution in [1.29, 1.82) is 5.41 Å². The van der Waals surface area contributed by atoms with Gasteiger partial charge in [0.25, 0.3) is 0 Å². The number of hydrogen-bond acceptors (Lipinski definition) is 4. The summed E-state index contributed by atoms with van der Waals surface area (Å²) in [6, 6.07) is 3.69. The van der Waals surface area contributed by atoms with Crippen molar-refractivity contribution in [3.8, 4) is 0 Å². The molecule has 0 bridgehead atoms. The first-order valence-corrected chi connectivity index (χ1v) is 6.76. The Morgan fingerprint density at radius 3 is 2.74 bits per heavy atom. The molecule has 0 aromatic carbocycles. The van der Waals surface area contributed by atoms with E-state index in [1.807, 2.05) is 6.07 Å². The number of nitrogens with two attached hydrogens (primary N) is 1. The van der Waals surface area contributed by atoms with Crippen molar-refractivity contribution in [3.05, 3.63) is 23.9 Å². The number of amidine groups is 1. The highest BCUT2D eigenvalue weighted by Crippen LogP contribution is 2.22. The second-order valence-electron chi connectivity index (χ2n) is 5.51. The van der Waals surface area contributed by atoms with Gasteiger partial charge in [-0.1, -0.05) is 0 Å². The van der Waals surface area contributed by atoms with Crippen LogP contribution in [0.2, 0.25) is 0 Å². The van der Waals surface area contributed by atoms with Crippen LogP contribution in [0.4, 0.5) is 5.82 Å². The van der Waals surface area contributed by atoms with E-state index in [0.717, 1.165) is 36.9 Å². The Balaban J connectivity index is 1.97. The summed E-state index contributed by atoms with van der Waals surface area (Å²) in [6.07, 6.45) is 4.13. The van der Waals surface area contributed by atoms with Crippen LogP contribution in [0, 0.1) is 11.3 Å². The van der Waals surface area contributed by atoms with Crippen molar-refractivity contribution in [2.24, 2.45) is 11.7 Å². The Morgan fingerprint density at radius 1 is 1.47 bits per heavy atom. The smallest absolute Gasteiger partial charge is 0.129 e. The lowest BCUT2D eigenvalue weighted by Gasteiger charge is -2.34. The first-order chi connectivity index (χ1) is 9.06. The summed E-state index contributed by atoms with van der Waals surface area (Å²) < 4.78 is 0. The zero-order valence-corrected chi connectivity index (χ0v) is 11.8. The molecule has 1 aromatic heterocycles. The third-order valence-corrected chi connectivity index (χ3v) is 3.62. The SMILES string of the molecule is CN(C)CC1CCN(c2cc(C(=N)N)ccn2)CC1. The van der Waals surface area contributed by atoms with Gasteiger partial charge in [-0.3, -0.25) is 5.41 Å². The Labute approximate surface area is 114 Å². The van der Waals surface area contributed by atoms with Crippen LogP contribution in [0.25, 0.3) is 0 Å². The van der Waals surface area contributed by atoms with E-state index in [2.05, 4.69) is 28.9 Å². The molecule has 19 heavy (non-hydrogen) atoms. The summed E-state index contributed by atoms with van der Waals surface area (Å²) in [5.41, 5.74) is 6.27. The molecule has 0 unspecified atom stereocenters.